The monoisotopic (exact) mass is 543 g/mol. The molecule has 0 aliphatic carbocycles. The fourth-order valence-electron chi connectivity index (χ4n) is 4.76. The van der Waals surface area contributed by atoms with Crippen LogP contribution in [0.15, 0.2) is 60.7 Å². The lowest BCUT2D eigenvalue weighted by Gasteiger charge is -2.34. The third-order valence-corrected chi connectivity index (χ3v) is 7.06. The average molecular weight is 544 g/mol. The molecule has 1 heterocycles. The van der Waals surface area contributed by atoms with Crippen LogP contribution in [-0.2, 0) is 16.1 Å². The van der Waals surface area contributed by atoms with Gasteiger partial charge in [-0.25, -0.2) is 4.68 Å². The van der Waals surface area contributed by atoms with Crippen LogP contribution in [-0.4, -0.2) is 47.6 Å². The molecule has 0 unspecified atom stereocenters. The van der Waals surface area contributed by atoms with Gasteiger partial charge in [0.15, 0.2) is 11.5 Å². The number of fused-ring (bicyclic) bond motifs is 1. The van der Waals surface area contributed by atoms with Crippen LogP contribution >= 0.6 is 0 Å². The van der Waals surface area contributed by atoms with E-state index in [-0.39, 0.29) is 18.4 Å². The van der Waals surface area contributed by atoms with E-state index in [9.17, 15) is 9.59 Å². The smallest absolute Gasteiger partial charge is 0.249 e. The minimum atomic E-state index is -1.04. The van der Waals surface area contributed by atoms with E-state index in [0.29, 0.717) is 40.7 Å². The molecular weight excluding hydrogens is 506 g/mol. The molecular formula is C31H37N5O4. The summed E-state index contributed by atoms with van der Waals surface area (Å²) in [7, 11) is 3.07. The number of hydrogen-bond donors (Lipinski definition) is 1. The number of para-hydroxylation sites is 2. The zero-order valence-electron chi connectivity index (χ0n) is 24.0. The number of benzene rings is 3. The van der Waals surface area contributed by atoms with Gasteiger partial charge in [-0.3, -0.25) is 14.5 Å². The van der Waals surface area contributed by atoms with Gasteiger partial charge in [0.2, 0.25) is 11.8 Å². The molecule has 40 heavy (non-hydrogen) atoms. The van der Waals surface area contributed by atoms with E-state index in [1.165, 1.54) is 7.11 Å². The molecule has 210 valence electrons. The maximum Gasteiger partial charge on any atom is 0.249 e. The van der Waals surface area contributed by atoms with Crippen LogP contribution in [0, 0.1) is 19.8 Å². The van der Waals surface area contributed by atoms with Crippen LogP contribution in [0.5, 0.6) is 11.5 Å². The second kappa shape index (κ2) is 12.6. The van der Waals surface area contributed by atoms with E-state index in [1.54, 1.807) is 34.9 Å². The van der Waals surface area contributed by atoms with Crippen LogP contribution in [0.4, 0.5) is 5.69 Å². The van der Waals surface area contributed by atoms with Crippen molar-refractivity contribution in [1.82, 2.24) is 20.3 Å². The van der Waals surface area contributed by atoms with Gasteiger partial charge in [-0.15, -0.1) is 5.10 Å². The molecule has 0 bridgehead atoms. The summed E-state index contributed by atoms with van der Waals surface area (Å²) in [5, 5.41) is 11.5. The van der Waals surface area contributed by atoms with E-state index in [0.717, 1.165) is 23.1 Å². The molecule has 1 atom stereocenters. The molecule has 3 aromatic carbocycles. The van der Waals surface area contributed by atoms with Crippen molar-refractivity contribution in [2.75, 3.05) is 25.7 Å². The van der Waals surface area contributed by atoms with Crippen LogP contribution in [0.3, 0.4) is 0 Å². The number of rotatable bonds is 11. The highest BCUT2D eigenvalue weighted by Gasteiger charge is 2.36. The first-order valence-corrected chi connectivity index (χ1v) is 13.4. The van der Waals surface area contributed by atoms with Crippen molar-refractivity contribution >= 4 is 28.5 Å². The molecule has 1 aromatic heterocycles. The molecule has 0 saturated carbocycles. The largest absolute Gasteiger partial charge is 0.493 e. The number of amides is 2. The predicted molar refractivity (Wildman–Crippen MR) is 156 cm³/mol. The second-order valence-corrected chi connectivity index (χ2v) is 10.2. The van der Waals surface area contributed by atoms with E-state index in [2.05, 4.69) is 29.5 Å². The Morgan fingerprint density at radius 3 is 2.45 bits per heavy atom. The third-order valence-electron chi connectivity index (χ3n) is 7.06. The lowest BCUT2D eigenvalue weighted by Crippen LogP contribution is -2.46. The van der Waals surface area contributed by atoms with E-state index < -0.39 is 6.04 Å². The number of aryl methyl sites for hydroxylation is 1. The molecule has 0 aliphatic heterocycles. The van der Waals surface area contributed by atoms with E-state index in [1.807, 2.05) is 56.3 Å². The first-order valence-electron chi connectivity index (χ1n) is 13.4. The fraction of sp³-hybridized carbons (Fsp3) is 0.355. The maximum atomic E-state index is 14.4. The highest BCUT2D eigenvalue weighted by Crippen LogP contribution is 2.40. The topological polar surface area (TPSA) is 98.6 Å². The molecule has 4 aromatic rings. The average Bonchev–Trinajstić information content (AvgIpc) is 3.35. The van der Waals surface area contributed by atoms with Crippen molar-refractivity contribution in [3.8, 4) is 11.5 Å². The van der Waals surface area contributed by atoms with Crippen molar-refractivity contribution in [3.63, 3.8) is 0 Å². The lowest BCUT2D eigenvalue weighted by atomic mass is 9.98. The van der Waals surface area contributed by atoms with Crippen LogP contribution in [0.2, 0.25) is 0 Å². The first kappa shape index (κ1) is 28.6. The Bertz CT molecular complexity index is 1500. The molecule has 9 heteroatoms. The van der Waals surface area contributed by atoms with Gasteiger partial charge < -0.3 is 14.8 Å². The van der Waals surface area contributed by atoms with E-state index >= 15 is 0 Å². The standard InChI is InChI=1S/C31H37N5O4/c1-20(2)17-18-32-31(38)29(23-12-10-16-27(39-5)30(23)40-6)36(25-15-9-11-21(3)22(25)4)28(37)19-35-26-14-8-7-13-24(26)33-34-35/h7-16,20,29H,17-19H2,1-6H3,(H,32,38)/t29-/m0/s1. The molecule has 0 fully saturated rings. The number of aromatic nitrogens is 3. The molecule has 9 nitrogen and oxygen atoms in total. The Morgan fingerprint density at radius 1 is 0.975 bits per heavy atom. The second-order valence-electron chi connectivity index (χ2n) is 10.2. The predicted octanol–water partition coefficient (Wildman–Crippen LogP) is 5.00. The number of hydrogen-bond acceptors (Lipinski definition) is 6. The highest BCUT2D eigenvalue weighted by atomic mass is 16.5. The summed E-state index contributed by atoms with van der Waals surface area (Å²) < 4.78 is 12.9. The molecule has 1 N–H and O–H groups in total. The van der Waals surface area contributed by atoms with Gasteiger partial charge in [-0.1, -0.05) is 55.5 Å². The number of nitrogens with zero attached hydrogens (tertiary/aromatic N) is 4. The number of ether oxygens (including phenoxy) is 2. The molecule has 4 rings (SSSR count). The Kier molecular flexibility index (Phi) is 9.04. The highest BCUT2D eigenvalue weighted by molar-refractivity contribution is 6.02. The molecule has 0 saturated heterocycles. The molecule has 2 amide bonds. The van der Waals surface area contributed by atoms with Crippen LogP contribution < -0.4 is 19.7 Å². The zero-order valence-corrected chi connectivity index (χ0v) is 24.0. The summed E-state index contributed by atoms with van der Waals surface area (Å²) in [6.45, 7) is 8.49. The van der Waals surface area contributed by atoms with Crippen molar-refractivity contribution in [1.29, 1.82) is 0 Å². The first-order chi connectivity index (χ1) is 19.3. The van der Waals surface area contributed by atoms with Gasteiger partial charge in [0.05, 0.1) is 19.7 Å². The Morgan fingerprint density at radius 2 is 1.73 bits per heavy atom. The van der Waals surface area contributed by atoms with Crippen molar-refractivity contribution < 1.29 is 19.1 Å². The van der Waals surface area contributed by atoms with Crippen molar-refractivity contribution in [2.24, 2.45) is 5.92 Å². The Balaban J connectivity index is 1.89. The minimum Gasteiger partial charge on any atom is -0.493 e. The summed E-state index contributed by atoms with van der Waals surface area (Å²) in [6.07, 6.45) is 0.802. The Labute approximate surface area is 235 Å². The maximum absolute atomic E-state index is 14.4. The van der Waals surface area contributed by atoms with Gasteiger partial charge in [0, 0.05) is 17.8 Å². The number of nitrogens with one attached hydrogen (secondary N) is 1. The molecule has 0 radical (unpaired) electrons. The third kappa shape index (κ3) is 5.93. The minimum absolute atomic E-state index is 0.115. The number of anilines is 1. The molecule has 0 spiro atoms. The number of methoxy groups -OCH3 is 2. The van der Waals surface area contributed by atoms with Gasteiger partial charge >= 0.3 is 0 Å². The summed E-state index contributed by atoms with van der Waals surface area (Å²) in [5.74, 6) is 0.629. The van der Waals surface area contributed by atoms with Crippen molar-refractivity contribution in [3.05, 3.63) is 77.4 Å². The van der Waals surface area contributed by atoms with Gasteiger partial charge in [0.25, 0.3) is 0 Å². The van der Waals surface area contributed by atoms with E-state index in [4.69, 9.17) is 9.47 Å². The van der Waals surface area contributed by atoms with Gasteiger partial charge in [-0.05, 0) is 61.6 Å². The van der Waals surface area contributed by atoms with Crippen LogP contribution in [0.25, 0.3) is 11.0 Å². The van der Waals surface area contributed by atoms with Gasteiger partial charge in [-0.2, -0.15) is 0 Å². The summed E-state index contributed by atoms with van der Waals surface area (Å²) in [4.78, 5) is 30.0. The summed E-state index contributed by atoms with van der Waals surface area (Å²) in [6, 6.07) is 17.5. The summed E-state index contributed by atoms with van der Waals surface area (Å²) >= 11 is 0. The molecule has 0 aliphatic rings. The quantitative estimate of drug-likeness (QED) is 0.286. The summed E-state index contributed by atoms with van der Waals surface area (Å²) in [5.41, 5.74) is 4.45. The van der Waals surface area contributed by atoms with Crippen molar-refractivity contribution in [2.45, 2.75) is 46.7 Å². The normalized spacial score (nSPS) is 11.9. The van der Waals surface area contributed by atoms with Gasteiger partial charge in [0.1, 0.15) is 18.1 Å². The SMILES string of the molecule is COc1cccc([C@@H](C(=O)NCCC(C)C)N(C(=O)Cn2nnc3ccccc32)c2cccc(C)c2C)c1OC. The fourth-order valence-corrected chi connectivity index (χ4v) is 4.76. The lowest BCUT2D eigenvalue weighted by molar-refractivity contribution is -0.127. The Hall–Kier alpha value is -4.40. The number of carbonyl (C=O) groups is 2. The van der Waals surface area contributed by atoms with Crippen LogP contribution in [0.1, 0.15) is 43.0 Å². The number of carbonyl (C=O) groups excluding carboxylic acids is 2. The zero-order chi connectivity index (χ0) is 28.8.